The van der Waals surface area contributed by atoms with Gasteiger partial charge < -0.3 is 24.6 Å². The number of hydrogen-bond acceptors (Lipinski definition) is 5. The lowest BCUT2D eigenvalue weighted by atomic mass is 10.1. The second kappa shape index (κ2) is 9.51. The quantitative estimate of drug-likeness (QED) is 0.272. The van der Waals surface area contributed by atoms with Crippen LogP contribution in [0, 0.1) is 11.7 Å². The van der Waals surface area contributed by atoms with E-state index in [4.69, 9.17) is 21.4 Å². The molecular weight excluding hydrogens is 505 g/mol. The third-order valence-corrected chi connectivity index (χ3v) is 7.22. The monoisotopic (exact) mass is 527 g/mol. The summed E-state index contributed by atoms with van der Waals surface area (Å²) in [4.78, 5) is 51.2. The smallest absolute Gasteiger partial charge is 0.449 e. The maximum Gasteiger partial charge on any atom is 0.511 e. The van der Waals surface area contributed by atoms with Gasteiger partial charge in [-0.2, -0.15) is 0 Å². The van der Waals surface area contributed by atoms with Crippen molar-refractivity contribution in [3.63, 3.8) is 0 Å². The van der Waals surface area contributed by atoms with Gasteiger partial charge in [0, 0.05) is 41.4 Å². The van der Waals surface area contributed by atoms with Crippen LogP contribution in [-0.4, -0.2) is 50.4 Å². The van der Waals surface area contributed by atoms with E-state index < -0.39 is 18.0 Å². The second-order valence-electron chi connectivity index (χ2n) is 9.32. The number of carbonyl (C=O) groups excluding carboxylic acids is 3. The lowest BCUT2D eigenvalue weighted by Gasteiger charge is -2.27. The van der Waals surface area contributed by atoms with Gasteiger partial charge in [-0.15, -0.1) is 0 Å². The van der Waals surface area contributed by atoms with Gasteiger partial charge in [-0.1, -0.05) is 23.7 Å². The van der Waals surface area contributed by atoms with Gasteiger partial charge in [0.2, 0.25) is 11.8 Å². The number of aromatic nitrogens is 1. The highest BCUT2D eigenvalue weighted by Gasteiger charge is 2.55. The highest BCUT2D eigenvalue weighted by Crippen LogP contribution is 2.48. The number of carbonyl (C=O) groups is 4. The number of amides is 2. The Morgan fingerprint density at radius 2 is 1.97 bits per heavy atom. The van der Waals surface area contributed by atoms with Crippen LogP contribution in [0.15, 0.2) is 42.6 Å². The number of likely N-dealkylation sites (tertiary alicyclic amines) is 1. The molecule has 3 atom stereocenters. The summed E-state index contributed by atoms with van der Waals surface area (Å²) in [6, 6.07) is 8.27. The first-order chi connectivity index (χ1) is 17.6. The Morgan fingerprint density at radius 3 is 2.70 bits per heavy atom. The molecular formula is C26H23ClFN3O6. The molecule has 3 aromatic rings. The Kier molecular flexibility index (Phi) is 6.36. The predicted molar refractivity (Wildman–Crippen MR) is 131 cm³/mol. The highest BCUT2D eigenvalue weighted by molar-refractivity contribution is 6.30. The molecule has 0 bridgehead atoms. The lowest BCUT2D eigenvalue weighted by molar-refractivity contribution is -0.140. The van der Waals surface area contributed by atoms with Gasteiger partial charge in [0.25, 0.3) is 0 Å². The van der Waals surface area contributed by atoms with Crippen molar-refractivity contribution < 1.29 is 33.4 Å². The number of carboxylic acid groups (broad SMARTS) is 1. The number of rotatable bonds is 7. The molecule has 0 radical (unpaired) electrons. The van der Waals surface area contributed by atoms with Gasteiger partial charge in [-0.3, -0.25) is 14.4 Å². The van der Waals surface area contributed by atoms with Crippen LogP contribution in [-0.2, 0) is 22.7 Å². The number of ether oxygens (including phenoxy) is 1. The van der Waals surface area contributed by atoms with Crippen molar-refractivity contribution in [1.82, 2.24) is 14.8 Å². The van der Waals surface area contributed by atoms with Crippen LogP contribution < -0.4 is 10.1 Å². The number of nitrogens with zero attached hydrogens (tertiary/aromatic N) is 2. The Bertz CT molecular complexity index is 1450. The Hall–Kier alpha value is -3.92. The maximum atomic E-state index is 14.2. The molecule has 1 aliphatic heterocycles. The SMILES string of the molecule is CC(=O)c1cn(CC(=O)N2[C@@H]3C[C@@H]3C[C@H]2C(=O)NCc2cccc(Cl)c2F)c2cc(OC(=O)O)ccc12. The van der Waals surface area contributed by atoms with E-state index >= 15 is 0 Å². The van der Waals surface area contributed by atoms with Crippen molar-refractivity contribution in [1.29, 1.82) is 0 Å². The first kappa shape index (κ1) is 24.8. The van der Waals surface area contributed by atoms with Crippen molar-refractivity contribution in [3.8, 4) is 5.75 Å². The summed E-state index contributed by atoms with van der Waals surface area (Å²) in [7, 11) is 0. The van der Waals surface area contributed by atoms with E-state index in [9.17, 15) is 23.6 Å². The van der Waals surface area contributed by atoms with Gasteiger partial charge in [0.1, 0.15) is 24.2 Å². The van der Waals surface area contributed by atoms with E-state index in [1.807, 2.05) is 0 Å². The highest BCUT2D eigenvalue weighted by atomic mass is 35.5. The largest absolute Gasteiger partial charge is 0.511 e. The van der Waals surface area contributed by atoms with Crippen LogP contribution in [0.5, 0.6) is 5.75 Å². The summed E-state index contributed by atoms with van der Waals surface area (Å²) in [5, 5.41) is 12.2. The van der Waals surface area contributed by atoms with E-state index in [1.165, 1.54) is 31.2 Å². The van der Waals surface area contributed by atoms with E-state index in [2.05, 4.69) is 5.32 Å². The molecule has 2 fully saturated rings. The van der Waals surface area contributed by atoms with Gasteiger partial charge in [-0.05, 0) is 43.9 Å². The molecule has 0 unspecified atom stereocenters. The molecule has 11 heteroatoms. The minimum absolute atomic E-state index is 0.0357. The van der Waals surface area contributed by atoms with Crippen molar-refractivity contribution in [2.45, 2.75) is 44.9 Å². The fourth-order valence-electron chi connectivity index (χ4n) is 5.11. The third kappa shape index (κ3) is 4.76. The molecule has 2 heterocycles. The van der Waals surface area contributed by atoms with Crippen LogP contribution in [0.2, 0.25) is 5.02 Å². The van der Waals surface area contributed by atoms with Crippen LogP contribution in [0.25, 0.3) is 10.9 Å². The molecule has 1 saturated heterocycles. The molecule has 0 spiro atoms. The average Bonchev–Trinajstić information content (AvgIpc) is 3.35. The summed E-state index contributed by atoms with van der Waals surface area (Å²) >= 11 is 5.82. The molecule has 37 heavy (non-hydrogen) atoms. The number of nitrogens with one attached hydrogen (secondary N) is 1. The van der Waals surface area contributed by atoms with Gasteiger partial charge in [-0.25, -0.2) is 9.18 Å². The molecule has 2 aliphatic rings. The van der Waals surface area contributed by atoms with Crippen LogP contribution >= 0.6 is 11.6 Å². The van der Waals surface area contributed by atoms with Crippen molar-refractivity contribution >= 4 is 46.3 Å². The normalized spacial score (nSPS) is 20.0. The fourth-order valence-corrected chi connectivity index (χ4v) is 5.30. The molecule has 2 amide bonds. The van der Waals surface area contributed by atoms with Crippen LogP contribution in [0.4, 0.5) is 9.18 Å². The Balaban J connectivity index is 1.36. The number of Topliss-reactive ketones (excluding diaryl/α,β-unsaturated/α-hetero) is 1. The molecule has 192 valence electrons. The molecule has 1 aliphatic carbocycles. The van der Waals surface area contributed by atoms with Crippen molar-refractivity contribution in [2.75, 3.05) is 0 Å². The van der Waals surface area contributed by atoms with Gasteiger partial charge in [0.05, 0.1) is 10.5 Å². The standard InChI is InChI=1S/C26H23ClFN3O6/c1-13(32)18-11-30(21-9-16(37-26(35)36)5-6-17(18)21)12-23(33)31-20-7-15(20)8-22(31)25(34)29-10-14-3-2-4-19(27)24(14)28/h2-6,9,11,15,20,22H,7-8,10,12H2,1H3,(H,29,34)(H,35,36)/t15-,20-,22+/m1/s1. The minimum atomic E-state index is -1.48. The first-order valence-corrected chi connectivity index (χ1v) is 12.1. The zero-order valence-corrected chi connectivity index (χ0v) is 20.5. The predicted octanol–water partition coefficient (Wildman–Crippen LogP) is 4.00. The Labute approximate surface area is 215 Å². The fraction of sp³-hybridized carbons (Fsp3) is 0.308. The first-order valence-electron chi connectivity index (χ1n) is 11.7. The summed E-state index contributed by atoms with van der Waals surface area (Å²) in [5.41, 5.74) is 1.09. The zero-order chi connectivity index (χ0) is 26.4. The number of halogens is 2. The molecule has 9 nitrogen and oxygen atoms in total. The van der Waals surface area contributed by atoms with Crippen LogP contribution in [0.1, 0.15) is 35.7 Å². The number of fused-ring (bicyclic) bond motifs is 2. The zero-order valence-electron chi connectivity index (χ0n) is 19.7. The van der Waals surface area contributed by atoms with Gasteiger partial charge >= 0.3 is 6.16 Å². The number of benzene rings is 2. The summed E-state index contributed by atoms with van der Waals surface area (Å²) < 4.78 is 20.5. The molecule has 2 N–H and O–H groups in total. The molecule has 2 aromatic carbocycles. The van der Waals surface area contributed by atoms with E-state index in [-0.39, 0.29) is 59.0 Å². The van der Waals surface area contributed by atoms with Gasteiger partial charge in [0.15, 0.2) is 5.78 Å². The van der Waals surface area contributed by atoms with Crippen LogP contribution in [0.3, 0.4) is 0 Å². The molecule has 1 aromatic heterocycles. The molecule has 1 saturated carbocycles. The Morgan fingerprint density at radius 1 is 1.19 bits per heavy atom. The minimum Gasteiger partial charge on any atom is -0.449 e. The average molecular weight is 528 g/mol. The number of ketones is 1. The van der Waals surface area contributed by atoms with E-state index in [0.717, 1.165) is 6.42 Å². The van der Waals surface area contributed by atoms with Crippen molar-refractivity contribution in [2.24, 2.45) is 5.92 Å². The van der Waals surface area contributed by atoms with E-state index in [1.54, 1.807) is 27.8 Å². The topological polar surface area (TPSA) is 118 Å². The lowest BCUT2D eigenvalue weighted by Crippen LogP contribution is -2.48. The summed E-state index contributed by atoms with van der Waals surface area (Å²) in [6.07, 6.45) is 1.39. The van der Waals surface area contributed by atoms with Crippen molar-refractivity contribution in [3.05, 3.63) is 64.6 Å². The molecule has 5 rings (SSSR count). The third-order valence-electron chi connectivity index (χ3n) is 6.92. The number of piperidine rings is 1. The summed E-state index contributed by atoms with van der Waals surface area (Å²) in [6.45, 7) is 1.19. The number of hydrogen-bond donors (Lipinski definition) is 2. The second-order valence-corrected chi connectivity index (χ2v) is 9.73. The maximum absolute atomic E-state index is 14.2. The van der Waals surface area contributed by atoms with E-state index in [0.29, 0.717) is 22.9 Å². The summed E-state index contributed by atoms with van der Waals surface area (Å²) in [5.74, 6) is -1.21.